The average molecular weight is 236 g/mol. The fourth-order valence-corrected chi connectivity index (χ4v) is 1.93. The van der Waals surface area contributed by atoms with Crippen LogP contribution in [0.2, 0.25) is 0 Å². The number of nitrogens with one attached hydrogen (secondary N) is 1. The lowest BCUT2D eigenvalue weighted by Crippen LogP contribution is -2.57. The van der Waals surface area contributed by atoms with E-state index in [1.807, 2.05) is 13.2 Å². The number of piperazine rings is 1. The standard InChI is InChI=1S/C11H16N4O2/c1-8-11(17)15(7-10(16)13-8)4-3-9-5-12-14(2)6-9/h5-6,8H,3-4,7H2,1-2H3,(H,13,16). The predicted molar refractivity (Wildman–Crippen MR) is 61.1 cm³/mol. The Bertz CT molecular complexity index is 440. The zero-order valence-corrected chi connectivity index (χ0v) is 10.0. The van der Waals surface area contributed by atoms with Gasteiger partial charge in [-0.1, -0.05) is 0 Å². The van der Waals surface area contributed by atoms with E-state index in [0.717, 1.165) is 12.0 Å². The van der Waals surface area contributed by atoms with Gasteiger partial charge < -0.3 is 10.2 Å². The highest BCUT2D eigenvalue weighted by atomic mass is 16.2. The van der Waals surface area contributed by atoms with Gasteiger partial charge >= 0.3 is 0 Å². The molecule has 1 aliphatic rings. The van der Waals surface area contributed by atoms with Crippen molar-refractivity contribution in [2.75, 3.05) is 13.1 Å². The van der Waals surface area contributed by atoms with E-state index < -0.39 is 6.04 Å². The molecule has 17 heavy (non-hydrogen) atoms. The fourth-order valence-electron chi connectivity index (χ4n) is 1.93. The van der Waals surface area contributed by atoms with Crippen LogP contribution in [0, 0.1) is 0 Å². The first-order chi connectivity index (χ1) is 8.06. The summed E-state index contributed by atoms with van der Waals surface area (Å²) < 4.78 is 1.72. The van der Waals surface area contributed by atoms with Gasteiger partial charge in [0.15, 0.2) is 0 Å². The first-order valence-corrected chi connectivity index (χ1v) is 5.62. The van der Waals surface area contributed by atoms with Gasteiger partial charge in [0.25, 0.3) is 0 Å². The molecule has 0 aromatic carbocycles. The van der Waals surface area contributed by atoms with Crippen LogP contribution in [0.3, 0.4) is 0 Å². The maximum atomic E-state index is 11.8. The molecule has 1 aliphatic heterocycles. The Morgan fingerprint density at radius 3 is 2.94 bits per heavy atom. The van der Waals surface area contributed by atoms with Crippen molar-refractivity contribution in [3.8, 4) is 0 Å². The van der Waals surface area contributed by atoms with Gasteiger partial charge in [0.2, 0.25) is 11.8 Å². The second-order valence-electron chi connectivity index (χ2n) is 4.32. The van der Waals surface area contributed by atoms with Crippen molar-refractivity contribution < 1.29 is 9.59 Å². The number of aromatic nitrogens is 2. The lowest BCUT2D eigenvalue weighted by Gasteiger charge is -2.30. The minimum atomic E-state index is -0.412. The third-order valence-electron chi connectivity index (χ3n) is 2.82. The molecule has 6 nitrogen and oxygen atoms in total. The minimum Gasteiger partial charge on any atom is -0.343 e. The summed E-state index contributed by atoms with van der Waals surface area (Å²) in [6.45, 7) is 2.42. The summed E-state index contributed by atoms with van der Waals surface area (Å²) in [6, 6.07) is -0.412. The highest BCUT2D eigenvalue weighted by molar-refractivity contribution is 5.94. The van der Waals surface area contributed by atoms with Gasteiger partial charge in [0, 0.05) is 19.8 Å². The van der Waals surface area contributed by atoms with Crippen molar-refractivity contribution in [3.63, 3.8) is 0 Å². The van der Waals surface area contributed by atoms with Crippen LogP contribution in [0.5, 0.6) is 0 Å². The van der Waals surface area contributed by atoms with E-state index in [2.05, 4.69) is 10.4 Å². The van der Waals surface area contributed by atoms with Gasteiger partial charge in [0.05, 0.1) is 12.7 Å². The molecule has 2 heterocycles. The van der Waals surface area contributed by atoms with E-state index in [9.17, 15) is 9.59 Å². The molecule has 0 aliphatic carbocycles. The summed E-state index contributed by atoms with van der Waals surface area (Å²) in [5, 5.41) is 6.68. The molecule has 1 unspecified atom stereocenters. The van der Waals surface area contributed by atoms with Crippen molar-refractivity contribution in [1.82, 2.24) is 20.0 Å². The number of carbonyl (C=O) groups excluding carboxylic acids is 2. The molecule has 1 N–H and O–H groups in total. The number of aryl methyl sites for hydroxylation is 1. The monoisotopic (exact) mass is 236 g/mol. The molecule has 0 bridgehead atoms. The zero-order chi connectivity index (χ0) is 12.4. The van der Waals surface area contributed by atoms with Crippen LogP contribution in [-0.4, -0.2) is 45.6 Å². The number of rotatable bonds is 3. The second-order valence-corrected chi connectivity index (χ2v) is 4.32. The van der Waals surface area contributed by atoms with Gasteiger partial charge in [-0.25, -0.2) is 0 Å². The third-order valence-corrected chi connectivity index (χ3v) is 2.82. The molecule has 1 aromatic rings. The molecule has 92 valence electrons. The summed E-state index contributed by atoms with van der Waals surface area (Å²) in [5.41, 5.74) is 1.07. The lowest BCUT2D eigenvalue weighted by molar-refractivity contribution is -0.143. The van der Waals surface area contributed by atoms with Crippen LogP contribution in [-0.2, 0) is 23.1 Å². The SMILES string of the molecule is CC1NC(=O)CN(CCc2cnn(C)c2)C1=O. The van der Waals surface area contributed by atoms with Gasteiger partial charge in [-0.2, -0.15) is 5.10 Å². The predicted octanol–water partition coefficient (Wildman–Crippen LogP) is -0.690. The van der Waals surface area contributed by atoms with Crippen LogP contribution in [0.25, 0.3) is 0 Å². The Morgan fingerprint density at radius 2 is 2.29 bits per heavy atom. The van der Waals surface area contributed by atoms with Crippen molar-refractivity contribution in [2.45, 2.75) is 19.4 Å². The molecule has 0 saturated carbocycles. The van der Waals surface area contributed by atoms with E-state index >= 15 is 0 Å². The Labute approximate surface area is 99.6 Å². The largest absolute Gasteiger partial charge is 0.343 e. The van der Waals surface area contributed by atoms with Crippen LogP contribution in [0.15, 0.2) is 12.4 Å². The van der Waals surface area contributed by atoms with E-state index in [4.69, 9.17) is 0 Å². The van der Waals surface area contributed by atoms with Crippen LogP contribution in [0.1, 0.15) is 12.5 Å². The molecular formula is C11H16N4O2. The van der Waals surface area contributed by atoms with Gasteiger partial charge in [-0.15, -0.1) is 0 Å². The third kappa shape index (κ3) is 2.64. The highest BCUT2D eigenvalue weighted by Crippen LogP contribution is 2.05. The van der Waals surface area contributed by atoms with Gasteiger partial charge in [0.1, 0.15) is 6.04 Å². The zero-order valence-electron chi connectivity index (χ0n) is 10.0. The fraction of sp³-hybridized carbons (Fsp3) is 0.545. The Kier molecular flexibility index (Phi) is 3.12. The molecule has 1 aromatic heterocycles. The smallest absolute Gasteiger partial charge is 0.245 e. The van der Waals surface area contributed by atoms with Gasteiger partial charge in [-0.3, -0.25) is 14.3 Å². The second kappa shape index (κ2) is 4.57. The summed E-state index contributed by atoms with van der Waals surface area (Å²) in [5.74, 6) is -0.114. The number of hydrogen-bond donors (Lipinski definition) is 1. The first kappa shape index (κ1) is 11.6. The summed E-state index contributed by atoms with van der Waals surface area (Å²) in [7, 11) is 1.85. The Morgan fingerprint density at radius 1 is 1.53 bits per heavy atom. The van der Waals surface area contributed by atoms with Crippen LogP contribution < -0.4 is 5.32 Å². The van der Waals surface area contributed by atoms with E-state index in [-0.39, 0.29) is 18.4 Å². The maximum Gasteiger partial charge on any atom is 0.245 e. The molecule has 2 amide bonds. The number of nitrogens with zero attached hydrogens (tertiary/aromatic N) is 3. The van der Waals surface area contributed by atoms with Crippen molar-refractivity contribution in [2.24, 2.45) is 7.05 Å². The molecular weight excluding hydrogens is 220 g/mol. The molecule has 1 atom stereocenters. The number of hydrogen-bond acceptors (Lipinski definition) is 3. The number of amides is 2. The molecule has 1 fully saturated rings. The summed E-state index contributed by atoms with van der Waals surface area (Å²) in [4.78, 5) is 24.7. The Hall–Kier alpha value is -1.85. The molecule has 0 spiro atoms. The molecule has 0 radical (unpaired) electrons. The van der Waals surface area contributed by atoms with Gasteiger partial charge in [-0.05, 0) is 18.9 Å². The maximum absolute atomic E-state index is 11.8. The molecule has 1 saturated heterocycles. The quantitative estimate of drug-likeness (QED) is 0.755. The Balaban J connectivity index is 1.94. The highest BCUT2D eigenvalue weighted by Gasteiger charge is 2.28. The topological polar surface area (TPSA) is 67.2 Å². The van der Waals surface area contributed by atoms with Crippen molar-refractivity contribution in [3.05, 3.63) is 18.0 Å². The van der Waals surface area contributed by atoms with Crippen molar-refractivity contribution in [1.29, 1.82) is 0 Å². The molecule has 2 rings (SSSR count). The first-order valence-electron chi connectivity index (χ1n) is 5.62. The van der Waals surface area contributed by atoms with E-state index in [0.29, 0.717) is 6.54 Å². The normalized spacial score (nSPS) is 20.6. The van der Waals surface area contributed by atoms with E-state index in [1.165, 1.54) is 0 Å². The van der Waals surface area contributed by atoms with Crippen molar-refractivity contribution >= 4 is 11.8 Å². The van der Waals surface area contributed by atoms with E-state index in [1.54, 1.807) is 22.7 Å². The summed E-state index contributed by atoms with van der Waals surface area (Å²) >= 11 is 0. The lowest BCUT2D eigenvalue weighted by atomic mass is 10.2. The summed E-state index contributed by atoms with van der Waals surface area (Å²) in [6.07, 6.45) is 4.41. The molecule has 6 heteroatoms. The minimum absolute atomic E-state index is 0.0199. The average Bonchev–Trinajstić information content (AvgIpc) is 2.67. The van der Waals surface area contributed by atoms with Crippen LogP contribution in [0.4, 0.5) is 0 Å². The van der Waals surface area contributed by atoms with Crippen LogP contribution >= 0.6 is 0 Å². The number of carbonyl (C=O) groups is 2.